The van der Waals surface area contributed by atoms with Crippen LogP contribution in [0.2, 0.25) is 0 Å². The fourth-order valence-electron chi connectivity index (χ4n) is 4.94. The summed E-state index contributed by atoms with van der Waals surface area (Å²) in [6.45, 7) is 4.62. The zero-order valence-electron chi connectivity index (χ0n) is 10.4. The van der Waals surface area contributed by atoms with E-state index in [9.17, 15) is 4.79 Å². The Morgan fingerprint density at radius 1 is 1.44 bits per heavy atom. The lowest BCUT2D eigenvalue weighted by Crippen LogP contribution is -2.33. The van der Waals surface area contributed by atoms with Crippen LogP contribution in [0, 0.1) is 29.1 Å². The third kappa shape index (κ3) is 1.42. The highest BCUT2D eigenvalue weighted by atomic mass is 16.5. The molecule has 0 aromatic heterocycles. The van der Waals surface area contributed by atoms with Gasteiger partial charge in [0.15, 0.2) is 0 Å². The lowest BCUT2D eigenvalue weighted by Gasteiger charge is -2.35. The molecular formula is C14H22O2. The summed E-state index contributed by atoms with van der Waals surface area (Å²) in [6, 6.07) is 0. The summed E-state index contributed by atoms with van der Waals surface area (Å²) < 4.78 is 5.35. The summed E-state index contributed by atoms with van der Waals surface area (Å²) in [7, 11) is 0. The Labute approximate surface area is 97.7 Å². The average molecular weight is 222 g/mol. The summed E-state index contributed by atoms with van der Waals surface area (Å²) >= 11 is 0. The molecule has 0 spiro atoms. The van der Waals surface area contributed by atoms with Crippen molar-refractivity contribution >= 4 is 5.97 Å². The quantitative estimate of drug-likeness (QED) is 0.671. The van der Waals surface area contributed by atoms with Gasteiger partial charge in [-0.15, -0.1) is 0 Å². The van der Waals surface area contributed by atoms with Gasteiger partial charge in [-0.25, -0.2) is 0 Å². The van der Waals surface area contributed by atoms with Crippen LogP contribution in [0.4, 0.5) is 0 Å². The summed E-state index contributed by atoms with van der Waals surface area (Å²) in [5.41, 5.74) is 0.381. The van der Waals surface area contributed by atoms with E-state index in [0.717, 1.165) is 23.7 Å². The van der Waals surface area contributed by atoms with Gasteiger partial charge >= 0.3 is 5.97 Å². The SMILES string of the molecule is CC(=O)OCC12CCC(C1)C1CC(C)CC12. The Kier molecular flexibility index (Phi) is 2.31. The Morgan fingerprint density at radius 3 is 3.00 bits per heavy atom. The number of hydrogen-bond acceptors (Lipinski definition) is 2. The standard InChI is InChI=1S/C14H22O2/c1-9-5-12-11-3-4-14(7-11,13(12)6-9)8-16-10(2)15/h9,11-13H,3-8H2,1-2H3. The van der Waals surface area contributed by atoms with E-state index in [2.05, 4.69) is 6.92 Å². The predicted octanol–water partition coefficient (Wildman–Crippen LogP) is 3.01. The Morgan fingerprint density at radius 2 is 2.25 bits per heavy atom. The maximum atomic E-state index is 11.0. The first kappa shape index (κ1) is 10.6. The Hall–Kier alpha value is -0.530. The minimum atomic E-state index is -0.104. The highest BCUT2D eigenvalue weighted by Crippen LogP contribution is 2.66. The molecule has 5 atom stereocenters. The van der Waals surface area contributed by atoms with Crippen molar-refractivity contribution < 1.29 is 9.53 Å². The molecule has 0 aromatic carbocycles. The lowest BCUT2D eigenvalue weighted by molar-refractivity contribution is -0.145. The molecule has 3 fully saturated rings. The topological polar surface area (TPSA) is 26.3 Å². The summed E-state index contributed by atoms with van der Waals surface area (Å²) in [5, 5.41) is 0. The van der Waals surface area contributed by atoms with Gasteiger partial charge in [0.1, 0.15) is 0 Å². The highest BCUT2D eigenvalue weighted by Gasteiger charge is 2.60. The normalized spacial score (nSPS) is 49.4. The molecule has 0 heterocycles. The maximum Gasteiger partial charge on any atom is 0.302 e. The van der Waals surface area contributed by atoms with E-state index in [0.29, 0.717) is 12.0 Å². The molecule has 0 aliphatic heterocycles. The molecule has 5 unspecified atom stereocenters. The van der Waals surface area contributed by atoms with Crippen molar-refractivity contribution in [1.82, 2.24) is 0 Å². The molecule has 0 radical (unpaired) electrons. The minimum absolute atomic E-state index is 0.104. The average Bonchev–Trinajstić information content (AvgIpc) is 2.84. The van der Waals surface area contributed by atoms with Crippen LogP contribution in [0.5, 0.6) is 0 Å². The molecule has 0 aromatic rings. The third-order valence-electron chi connectivity index (χ3n) is 5.48. The van der Waals surface area contributed by atoms with Crippen molar-refractivity contribution in [1.29, 1.82) is 0 Å². The number of ether oxygens (including phenoxy) is 1. The van der Waals surface area contributed by atoms with Crippen LogP contribution in [0.25, 0.3) is 0 Å². The van der Waals surface area contributed by atoms with Gasteiger partial charge in [0.25, 0.3) is 0 Å². The molecule has 3 aliphatic carbocycles. The van der Waals surface area contributed by atoms with Gasteiger partial charge in [-0.05, 0) is 55.8 Å². The summed E-state index contributed by atoms with van der Waals surface area (Å²) in [4.78, 5) is 11.0. The van der Waals surface area contributed by atoms with Crippen molar-refractivity contribution in [3.63, 3.8) is 0 Å². The van der Waals surface area contributed by atoms with E-state index < -0.39 is 0 Å². The van der Waals surface area contributed by atoms with Gasteiger partial charge in [0.2, 0.25) is 0 Å². The number of hydrogen-bond donors (Lipinski definition) is 0. The fraction of sp³-hybridized carbons (Fsp3) is 0.929. The van der Waals surface area contributed by atoms with Crippen LogP contribution < -0.4 is 0 Å². The number of fused-ring (bicyclic) bond motifs is 5. The highest BCUT2D eigenvalue weighted by molar-refractivity contribution is 5.65. The third-order valence-corrected chi connectivity index (χ3v) is 5.48. The summed E-state index contributed by atoms with van der Waals surface area (Å²) in [5.74, 6) is 3.56. The van der Waals surface area contributed by atoms with E-state index in [4.69, 9.17) is 4.74 Å². The van der Waals surface area contributed by atoms with Crippen molar-refractivity contribution in [2.45, 2.75) is 46.0 Å². The van der Waals surface area contributed by atoms with Gasteiger partial charge in [0, 0.05) is 12.3 Å². The first-order valence-corrected chi connectivity index (χ1v) is 6.74. The first-order chi connectivity index (χ1) is 7.61. The maximum absolute atomic E-state index is 11.0. The lowest BCUT2D eigenvalue weighted by atomic mass is 9.72. The second-order valence-corrected chi connectivity index (χ2v) is 6.49. The van der Waals surface area contributed by atoms with Crippen LogP contribution in [0.1, 0.15) is 46.0 Å². The Balaban J connectivity index is 1.77. The number of esters is 1. The van der Waals surface area contributed by atoms with Crippen LogP contribution in [-0.2, 0) is 9.53 Å². The number of carbonyl (C=O) groups is 1. The van der Waals surface area contributed by atoms with Gasteiger partial charge in [-0.2, -0.15) is 0 Å². The molecule has 0 N–H and O–H groups in total. The van der Waals surface area contributed by atoms with E-state index >= 15 is 0 Å². The zero-order valence-corrected chi connectivity index (χ0v) is 10.4. The van der Waals surface area contributed by atoms with Crippen molar-refractivity contribution in [2.24, 2.45) is 29.1 Å². The largest absolute Gasteiger partial charge is 0.465 e. The first-order valence-electron chi connectivity index (χ1n) is 6.74. The molecule has 90 valence electrons. The van der Waals surface area contributed by atoms with Crippen LogP contribution in [0.15, 0.2) is 0 Å². The fourth-order valence-corrected chi connectivity index (χ4v) is 4.94. The van der Waals surface area contributed by atoms with Crippen molar-refractivity contribution in [2.75, 3.05) is 6.61 Å². The molecule has 0 saturated heterocycles. The second-order valence-electron chi connectivity index (χ2n) is 6.49. The van der Waals surface area contributed by atoms with Crippen LogP contribution in [0.3, 0.4) is 0 Å². The molecular weight excluding hydrogens is 200 g/mol. The molecule has 2 bridgehead atoms. The molecule has 3 rings (SSSR count). The van der Waals surface area contributed by atoms with Crippen molar-refractivity contribution in [3.05, 3.63) is 0 Å². The summed E-state index contributed by atoms with van der Waals surface area (Å²) in [6.07, 6.45) is 6.83. The van der Waals surface area contributed by atoms with E-state index in [1.165, 1.54) is 39.0 Å². The monoisotopic (exact) mass is 222 g/mol. The second kappa shape index (κ2) is 3.48. The molecule has 2 nitrogen and oxygen atoms in total. The predicted molar refractivity (Wildman–Crippen MR) is 61.8 cm³/mol. The van der Waals surface area contributed by atoms with E-state index in [1.54, 1.807) is 0 Å². The van der Waals surface area contributed by atoms with Gasteiger partial charge in [-0.1, -0.05) is 6.92 Å². The van der Waals surface area contributed by atoms with E-state index in [-0.39, 0.29) is 5.97 Å². The van der Waals surface area contributed by atoms with Crippen LogP contribution >= 0.6 is 0 Å². The molecule has 3 aliphatic rings. The number of carbonyl (C=O) groups excluding carboxylic acids is 1. The van der Waals surface area contributed by atoms with Gasteiger partial charge in [0.05, 0.1) is 6.61 Å². The molecule has 2 heteroatoms. The van der Waals surface area contributed by atoms with Crippen molar-refractivity contribution in [3.8, 4) is 0 Å². The van der Waals surface area contributed by atoms with Gasteiger partial charge < -0.3 is 4.74 Å². The molecule has 16 heavy (non-hydrogen) atoms. The van der Waals surface area contributed by atoms with Crippen LogP contribution in [-0.4, -0.2) is 12.6 Å². The molecule has 0 amide bonds. The number of rotatable bonds is 2. The smallest absolute Gasteiger partial charge is 0.302 e. The minimum Gasteiger partial charge on any atom is -0.465 e. The van der Waals surface area contributed by atoms with E-state index in [1.807, 2.05) is 0 Å². The zero-order chi connectivity index (χ0) is 11.3. The molecule has 3 saturated carbocycles. The Bertz CT molecular complexity index is 312. The van der Waals surface area contributed by atoms with Gasteiger partial charge in [-0.3, -0.25) is 4.79 Å².